The first-order chi connectivity index (χ1) is 8.70. The maximum Gasteiger partial charge on any atom is 0.150 e. The summed E-state index contributed by atoms with van der Waals surface area (Å²) in [5.41, 5.74) is 0.987. The first kappa shape index (κ1) is 12.8. The Morgan fingerprint density at radius 2 is 2.33 bits per heavy atom. The van der Waals surface area contributed by atoms with Gasteiger partial charge in [-0.3, -0.25) is 4.98 Å². The first-order valence-electron chi connectivity index (χ1n) is 5.48. The summed E-state index contributed by atoms with van der Waals surface area (Å²) in [6.45, 7) is 2.79. The van der Waals surface area contributed by atoms with Crippen LogP contribution in [0.4, 0.5) is 4.39 Å². The van der Waals surface area contributed by atoms with E-state index in [1.165, 1.54) is 6.20 Å². The van der Waals surface area contributed by atoms with Gasteiger partial charge in [0.15, 0.2) is 5.82 Å². The van der Waals surface area contributed by atoms with E-state index < -0.39 is 5.82 Å². The van der Waals surface area contributed by atoms with Gasteiger partial charge in [0.05, 0.1) is 11.9 Å². The van der Waals surface area contributed by atoms with Gasteiger partial charge >= 0.3 is 0 Å². The molecule has 0 atom stereocenters. The molecule has 0 radical (unpaired) electrons. The van der Waals surface area contributed by atoms with Crippen molar-refractivity contribution in [3.05, 3.63) is 40.8 Å². The van der Waals surface area contributed by atoms with Crippen molar-refractivity contribution in [1.82, 2.24) is 15.0 Å². The molecule has 4 nitrogen and oxygen atoms in total. The molecule has 0 fully saturated rings. The van der Waals surface area contributed by atoms with Crippen LogP contribution in [-0.4, -0.2) is 21.6 Å². The van der Waals surface area contributed by atoms with Crippen LogP contribution >= 0.6 is 12.2 Å². The zero-order valence-electron chi connectivity index (χ0n) is 9.81. The average Bonchev–Trinajstić information content (AvgIpc) is 2.36. The molecule has 0 amide bonds. The maximum absolute atomic E-state index is 13.6. The third-order valence-electron chi connectivity index (χ3n) is 2.30. The molecule has 0 unspecified atom stereocenters. The Hall–Kier alpha value is -1.66. The molecule has 2 aromatic heterocycles. The highest BCUT2D eigenvalue weighted by Gasteiger charge is 2.07. The Labute approximate surface area is 109 Å². The lowest BCUT2D eigenvalue weighted by molar-refractivity contribution is 0.128. The highest BCUT2D eigenvalue weighted by atomic mass is 32.1. The largest absolute Gasteiger partial charge is 0.374 e. The van der Waals surface area contributed by atoms with E-state index in [-0.39, 0.29) is 0 Å². The molecule has 2 aromatic rings. The third kappa shape index (κ3) is 2.96. The van der Waals surface area contributed by atoms with Crippen LogP contribution in [0.1, 0.15) is 12.7 Å². The second-order valence-electron chi connectivity index (χ2n) is 3.57. The second kappa shape index (κ2) is 5.79. The standard InChI is InChI=1S/C12H12FN3OS/c1-2-17-7-11-15-10(5-12(18)16-11)8-3-4-14-6-9(8)13/h3-6H,2,7H2,1H3,(H,15,16,18). The molecule has 0 saturated carbocycles. The van der Waals surface area contributed by atoms with Gasteiger partial charge in [-0.2, -0.15) is 0 Å². The zero-order chi connectivity index (χ0) is 13.0. The van der Waals surface area contributed by atoms with Crippen LogP contribution in [0.15, 0.2) is 24.5 Å². The second-order valence-corrected chi connectivity index (χ2v) is 3.99. The summed E-state index contributed by atoms with van der Waals surface area (Å²) >= 11 is 5.06. The fourth-order valence-corrected chi connectivity index (χ4v) is 1.74. The summed E-state index contributed by atoms with van der Waals surface area (Å²) < 4.78 is 19.3. The van der Waals surface area contributed by atoms with Gasteiger partial charge in [-0.15, -0.1) is 0 Å². The molecule has 2 rings (SSSR count). The molecule has 0 saturated heterocycles. The van der Waals surface area contributed by atoms with E-state index >= 15 is 0 Å². The lowest BCUT2D eigenvalue weighted by Crippen LogP contribution is -2.01. The van der Waals surface area contributed by atoms with Gasteiger partial charge in [0.2, 0.25) is 0 Å². The minimum absolute atomic E-state index is 0.320. The predicted octanol–water partition coefficient (Wildman–Crippen LogP) is 2.88. The van der Waals surface area contributed by atoms with Crippen molar-refractivity contribution in [2.45, 2.75) is 13.5 Å². The van der Waals surface area contributed by atoms with Crippen molar-refractivity contribution >= 4 is 12.2 Å². The van der Waals surface area contributed by atoms with Crippen LogP contribution in [0.2, 0.25) is 0 Å². The number of aromatic nitrogens is 3. The van der Waals surface area contributed by atoms with Gasteiger partial charge in [0.1, 0.15) is 17.1 Å². The molecule has 6 heteroatoms. The highest BCUT2D eigenvalue weighted by Crippen LogP contribution is 2.19. The van der Waals surface area contributed by atoms with E-state index in [1.54, 1.807) is 12.1 Å². The SMILES string of the molecule is CCOCc1nc(=S)cc(-c2ccncc2F)[nH]1. The van der Waals surface area contributed by atoms with E-state index in [0.717, 1.165) is 6.20 Å². The van der Waals surface area contributed by atoms with Gasteiger partial charge in [0.25, 0.3) is 0 Å². The van der Waals surface area contributed by atoms with Crippen LogP contribution in [0.3, 0.4) is 0 Å². The van der Waals surface area contributed by atoms with E-state index in [9.17, 15) is 4.39 Å². The number of nitrogens with one attached hydrogen (secondary N) is 1. The van der Waals surface area contributed by atoms with Crippen molar-refractivity contribution < 1.29 is 9.13 Å². The number of H-pyrrole nitrogens is 1. The summed E-state index contributed by atoms with van der Waals surface area (Å²) in [6, 6.07) is 3.20. The summed E-state index contributed by atoms with van der Waals surface area (Å²) in [5, 5.41) is 0. The van der Waals surface area contributed by atoms with Crippen LogP contribution in [0.25, 0.3) is 11.3 Å². The Morgan fingerprint density at radius 1 is 1.50 bits per heavy atom. The number of hydrogen-bond donors (Lipinski definition) is 1. The molecule has 0 aliphatic rings. The molecule has 0 spiro atoms. The molecule has 0 aliphatic carbocycles. The molecule has 1 N–H and O–H groups in total. The van der Waals surface area contributed by atoms with Gasteiger partial charge in [0, 0.05) is 18.4 Å². The number of pyridine rings is 1. The molecule has 0 aromatic carbocycles. The number of hydrogen-bond acceptors (Lipinski definition) is 4. The Morgan fingerprint density at radius 3 is 3.06 bits per heavy atom. The van der Waals surface area contributed by atoms with Crippen LogP contribution in [0.5, 0.6) is 0 Å². The topological polar surface area (TPSA) is 50.8 Å². The zero-order valence-corrected chi connectivity index (χ0v) is 10.6. The van der Waals surface area contributed by atoms with Crippen LogP contribution in [-0.2, 0) is 11.3 Å². The third-order valence-corrected chi connectivity index (χ3v) is 2.51. The van der Waals surface area contributed by atoms with Crippen molar-refractivity contribution in [1.29, 1.82) is 0 Å². The van der Waals surface area contributed by atoms with Gasteiger partial charge in [-0.25, -0.2) is 9.37 Å². The molecule has 0 aliphatic heterocycles. The maximum atomic E-state index is 13.6. The van der Waals surface area contributed by atoms with Crippen LogP contribution < -0.4 is 0 Å². The summed E-state index contributed by atoms with van der Waals surface area (Å²) in [7, 11) is 0. The summed E-state index contributed by atoms with van der Waals surface area (Å²) in [4.78, 5) is 10.8. The van der Waals surface area contributed by atoms with Crippen molar-refractivity contribution in [2.24, 2.45) is 0 Å². The minimum Gasteiger partial charge on any atom is -0.374 e. The minimum atomic E-state index is -0.406. The van der Waals surface area contributed by atoms with E-state index in [0.29, 0.717) is 34.9 Å². The molecular formula is C12H12FN3OS. The summed E-state index contributed by atoms with van der Waals surface area (Å²) in [5.74, 6) is 0.173. The Balaban J connectivity index is 2.42. The molecule has 2 heterocycles. The van der Waals surface area contributed by atoms with E-state index in [1.807, 2.05) is 6.92 Å². The first-order valence-corrected chi connectivity index (χ1v) is 5.89. The van der Waals surface area contributed by atoms with Gasteiger partial charge in [-0.05, 0) is 19.1 Å². The number of ether oxygens (including phenoxy) is 1. The molecule has 0 bridgehead atoms. The van der Waals surface area contributed by atoms with Gasteiger partial charge in [-0.1, -0.05) is 12.2 Å². The molecule has 94 valence electrons. The highest BCUT2D eigenvalue weighted by molar-refractivity contribution is 7.71. The van der Waals surface area contributed by atoms with Crippen LogP contribution in [0, 0.1) is 10.5 Å². The number of halogens is 1. The lowest BCUT2D eigenvalue weighted by atomic mass is 10.2. The summed E-state index contributed by atoms with van der Waals surface area (Å²) in [6.07, 6.45) is 2.69. The quantitative estimate of drug-likeness (QED) is 0.864. The fraction of sp³-hybridized carbons (Fsp3) is 0.250. The Bertz CT molecular complexity index is 600. The van der Waals surface area contributed by atoms with E-state index in [4.69, 9.17) is 17.0 Å². The fourth-order valence-electron chi connectivity index (χ4n) is 1.51. The lowest BCUT2D eigenvalue weighted by Gasteiger charge is -2.06. The average molecular weight is 265 g/mol. The monoisotopic (exact) mass is 265 g/mol. The van der Waals surface area contributed by atoms with Crippen molar-refractivity contribution in [3.8, 4) is 11.3 Å². The predicted molar refractivity (Wildman–Crippen MR) is 67.9 cm³/mol. The van der Waals surface area contributed by atoms with Crippen molar-refractivity contribution in [3.63, 3.8) is 0 Å². The number of aromatic amines is 1. The molecular weight excluding hydrogens is 253 g/mol. The van der Waals surface area contributed by atoms with Gasteiger partial charge < -0.3 is 9.72 Å². The van der Waals surface area contributed by atoms with Crippen molar-refractivity contribution in [2.75, 3.05) is 6.61 Å². The van der Waals surface area contributed by atoms with E-state index in [2.05, 4.69) is 15.0 Å². The molecule has 18 heavy (non-hydrogen) atoms. The number of nitrogens with zero attached hydrogens (tertiary/aromatic N) is 2. The smallest absolute Gasteiger partial charge is 0.150 e. The normalized spacial score (nSPS) is 10.6. The Kier molecular flexibility index (Phi) is 4.11. The number of rotatable bonds is 4.